The van der Waals surface area contributed by atoms with Crippen molar-refractivity contribution in [2.24, 2.45) is 5.73 Å². The number of nitrogens with one attached hydrogen (secondary N) is 1. The van der Waals surface area contributed by atoms with Crippen LogP contribution in [0.25, 0.3) is 5.57 Å². The zero-order chi connectivity index (χ0) is 23.7. The molecule has 2 aliphatic heterocycles. The number of hydrogen-bond donors (Lipinski definition) is 2. The van der Waals surface area contributed by atoms with Crippen molar-refractivity contribution < 1.29 is 24.0 Å². The van der Waals surface area contributed by atoms with Gasteiger partial charge in [-0.25, -0.2) is 9.37 Å². The summed E-state index contributed by atoms with van der Waals surface area (Å²) < 4.78 is 20.1. The molecule has 10 heteroatoms. The highest BCUT2D eigenvalue weighted by atomic mass is 35.5. The van der Waals surface area contributed by atoms with Crippen molar-refractivity contribution in [1.82, 2.24) is 14.8 Å². The van der Waals surface area contributed by atoms with Crippen LogP contribution in [0.3, 0.4) is 0 Å². The number of amides is 1. The third-order valence-corrected chi connectivity index (χ3v) is 6.57. The van der Waals surface area contributed by atoms with Gasteiger partial charge in [-0.05, 0) is 30.5 Å². The van der Waals surface area contributed by atoms with Gasteiger partial charge in [-0.3, -0.25) is 9.69 Å². The fourth-order valence-electron chi connectivity index (χ4n) is 4.27. The van der Waals surface area contributed by atoms with Gasteiger partial charge in [0.05, 0.1) is 30.8 Å². The highest BCUT2D eigenvalue weighted by Crippen LogP contribution is 2.29. The summed E-state index contributed by atoms with van der Waals surface area (Å²) in [4.78, 5) is 24.7. The second-order valence-electron chi connectivity index (χ2n) is 8.47. The van der Waals surface area contributed by atoms with E-state index in [9.17, 15) is 9.18 Å². The van der Waals surface area contributed by atoms with Crippen molar-refractivity contribution in [3.05, 3.63) is 57.5 Å². The first-order chi connectivity index (χ1) is 15.8. The van der Waals surface area contributed by atoms with E-state index in [0.29, 0.717) is 35.3 Å². The number of hydrogen-bond acceptors (Lipinski definition) is 6. The molecular formula is C23H28ClFN5O3+. The molecule has 1 unspecified atom stereocenters. The van der Waals surface area contributed by atoms with E-state index in [4.69, 9.17) is 27.2 Å². The van der Waals surface area contributed by atoms with E-state index in [2.05, 4.69) is 14.9 Å². The number of aliphatic hydroxyl groups excluding tert-OH is 1. The third kappa shape index (κ3) is 4.95. The number of nitrogens with zero attached hydrogens (tertiary/aromatic N) is 3. The molecule has 1 atom stereocenters. The number of likely N-dealkylation sites (tertiary alicyclic amines) is 1. The molecule has 0 radical (unpaired) electrons. The molecule has 1 fully saturated rings. The average molecular weight is 477 g/mol. The summed E-state index contributed by atoms with van der Waals surface area (Å²) in [7, 11) is 0. The fourth-order valence-corrected chi connectivity index (χ4v) is 4.36. The Morgan fingerprint density at radius 1 is 1.39 bits per heavy atom. The average Bonchev–Trinajstić information content (AvgIpc) is 3.38. The number of aromatic amines is 1. The van der Waals surface area contributed by atoms with Gasteiger partial charge in [0.1, 0.15) is 28.4 Å². The first-order valence-corrected chi connectivity index (χ1v) is 11.3. The number of β-amino-alcohol motifs (C(OH)–C–C–N with tert-alkyl or cyclic N) is 1. The second-order valence-corrected chi connectivity index (χ2v) is 8.85. The molecular weight excluding hydrogens is 449 g/mol. The van der Waals surface area contributed by atoms with E-state index < -0.39 is 5.82 Å². The zero-order valence-corrected chi connectivity index (χ0v) is 19.5. The molecule has 1 aromatic heterocycles. The molecule has 0 saturated carbocycles. The Kier molecular flexibility index (Phi) is 6.83. The van der Waals surface area contributed by atoms with Crippen LogP contribution in [-0.4, -0.2) is 71.2 Å². The van der Waals surface area contributed by atoms with Gasteiger partial charge < -0.3 is 20.5 Å². The minimum absolute atomic E-state index is 0.0705. The summed E-state index contributed by atoms with van der Waals surface area (Å²) in [5.41, 5.74) is 9.26. The van der Waals surface area contributed by atoms with Crippen LogP contribution in [0.15, 0.2) is 23.9 Å². The number of H-pyrrole nitrogens is 1. The van der Waals surface area contributed by atoms with E-state index in [0.717, 1.165) is 24.2 Å². The fraction of sp³-hybridized carbons (Fsp3) is 0.435. The molecule has 0 bridgehead atoms. The van der Waals surface area contributed by atoms with Gasteiger partial charge in [-0.15, -0.1) is 0 Å². The maximum atomic E-state index is 14.0. The lowest BCUT2D eigenvalue weighted by molar-refractivity contribution is -0.396. The van der Waals surface area contributed by atoms with Gasteiger partial charge in [0.25, 0.3) is 5.91 Å². The molecule has 1 amide bonds. The van der Waals surface area contributed by atoms with Gasteiger partial charge in [-0.1, -0.05) is 11.6 Å². The SMILES string of the molecule is Cc1nc(C2=C(N)CN(C(=O)c3ccc(F)cc3OC3CCN(CCO)C3)C2)[nH+]c(C)c1Cl. The van der Waals surface area contributed by atoms with Crippen LogP contribution in [0.4, 0.5) is 4.39 Å². The third-order valence-electron chi connectivity index (χ3n) is 6.02. The lowest BCUT2D eigenvalue weighted by Gasteiger charge is -2.21. The van der Waals surface area contributed by atoms with E-state index in [1.165, 1.54) is 18.2 Å². The van der Waals surface area contributed by atoms with Crippen LogP contribution in [0, 0.1) is 19.7 Å². The van der Waals surface area contributed by atoms with Crippen LogP contribution in [0.1, 0.15) is 34.0 Å². The molecule has 2 aliphatic rings. The van der Waals surface area contributed by atoms with Crippen molar-refractivity contribution in [2.75, 3.05) is 39.3 Å². The number of carbonyl (C=O) groups is 1. The van der Waals surface area contributed by atoms with Gasteiger partial charge in [0.2, 0.25) is 0 Å². The van der Waals surface area contributed by atoms with Crippen molar-refractivity contribution in [3.8, 4) is 5.75 Å². The Balaban J connectivity index is 1.52. The van der Waals surface area contributed by atoms with Crippen LogP contribution >= 0.6 is 11.6 Å². The second kappa shape index (κ2) is 9.62. The van der Waals surface area contributed by atoms with Gasteiger partial charge in [0, 0.05) is 38.3 Å². The minimum atomic E-state index is -0.475. The Hall–Kier alpha value is -2.75. The number of benzene rings is 1. The molecule has 1 saturated heterocycles. The van der Waals surface area contributed by atoms with Crippen molar-refractivity contribution in [2.45, 2.75) is 26.4 Å². The standard InChI is InChI=1S/C23H27ClFN5O3/c1-13-21(24)14(2)28-22(27-13)18-11-30(12-19(18)26)23(32)17-4-3-15(25)9-20(17)33-16-5-6-29(10-16)7-8-31/h3-4,9,16,31H,5-8,10-12,26H2,1-2H3/p+1. The van der Waals surface area contributed by atoms with E-state index in [-0.39, 0.29) is 43.0 Å². The minimum Gasteiger partial charge on any atom is -0.488 e. The van der Waals surface area contributed by atoms with Gasteiger partial charge >= 0.3 is 5.82 Å². The largest absolute Gasteiger partial charge is 0.488 e. The summed E-state index contributed by atoms with van der Waals surface area (Å²) in [5, 5.41) is 9.69. The first kappa shape index (κ1) is 23.4. The van der Waals surface area contributed by atoms with Crippen molar-refractivity contribution >= 4 is 23.1 Å². The molecule has 4 rings (SSSR count). The normalized spacial score (nSPS) is 18.9. The molecule has 2 aromatic rings. The number of aromatic nitrogens is 2. The maximum absolute atomic E-state index is 14.0. The molecule has 33 heavy (non-hydrogen) atoms. The first-order valence-electron chi connectivity index (χ1n) is 10.9. The highest BCUT2D eigenvalue weighted by Gasteiger charge is 2.33. The number of aliphatic hydroxyl groups is 1. The molecule has 0 spiro atoms. The lowest BCUT2D eigenvalue weighted by Crippen LogP contribution is -2.32. The van der Waals surface area contributed by atoms with Crippen LogP contribution < -0.4 is 15.5 Å². The summed E-state index contributed by atoms with van der Waals surface area (Å²) in [6.07, 6.45) is 0.560. The maximum Gasteiger partial charge on any atom is 0.328 e. The van der Waals surface area contributed by atoms with E-state index in [1.54, 1.807) is 4.90 Å². The van der Waals surface area contributed by atoms with Gasteiger partial charge in [-0.2, -0.15) is 0 Å². The monoisotopic (exact) mass is 476 g/mol. The predicted molar refractivity (Wildman–Crippen MR) is 121 cm³/mol. The van der Waals surface area contributed by atoms with E-state index in [1.807, 2.05) is 13.8 Å². The number of ether oxygens (including phenoxy) is 1. The van der Waals surface area contributed by atoms with Crippen LogP contribution in [0.2, 0.25) is 5.02 Å². The molecule has 1 aromatic carbocycles. The highest BCUT2D eigenvalue weighted by molar-refractivity contribution is 6.31. The Labute approximate surface area is 196 Å². The molecule has 176 valence electrons. The summed E-state index contributed by atoms with van der Waals surface area (Å²) >= 11 is 6.21. The number of aryl methyl sites for hydroxylation is 2. The Morgan fingerprint density at radius 3 is 2.91 bits per heavy atom. The number of rotatable bonds is 6. The van der Waals surface area contributed by atoms with Crippen LogP contribution in [0.5, 0.6) is 5.75 Å². The van der Waals surface area contributed by atoms with E-state index >= 15 is 0 Å². The molecule has 0 aliphatic carbocycles. The molecule has 4 N–H and O–H groups in total. The summed E-state index contributed by atoms with van der Waals surface area (Å²) in [6, 6.07) is 3.95. The molecule has 8 nitrogen and oxygen atoms in total. The quantitative estimate of drug-likeness (QED) is 0.655. The smallest absolute Gasteiger partial charge is 0.328 e. The Bertz CT molecular complexity index is 1090. The molecule has 3 heterocycles. The van der Waals surface area contributed by atoms with Crippen molar-refractivity contribution in [3.63, 3.8) is 0 Å². The van der Waals surface area contributed by atoms with Gasteiger partial charge in [0.15, 0.2) is 5.69 Å². The summed E-state index contributed by atoms with van der Waals surface area (Å²) in [6.45, 7) is 6.18. The number of halogens is 2. The topological polar surface area (TPSA) is 106 Å². The number of nitrogens with two attached hydrogens (primary N) is 1. The number of carbonyl (C=O) groups excluding carboxylic acids is 1. The Morgan fingerprint density at radius 2 is 2.18 bits per heavy atom. The van der Waals surface area contributed by atoms with Crippen molar-refractivity contribution in [1.29, 1.82) is 0 Å². The van der Waals surface area contributed by atoms with Crippen LogP contribution in [-0.2, 0) is 0 Å². The lowest BCUT2D eigenvalue weighted by atomic mass is 10.1. The predicted octanol–water partition coefficient (Wildman–Crippen LogP) is 1.58. The summed E-state index contributed by atoms with van der Waals surface area (Å²) in [5.74, 6) is 0.0199. The zero-order valence-electron chi connectivity index (χ0n) is 18.7.